The third-order valence-electron chi connectivity index (χ3n) is 4.63. The van der Waals surface area contributed by atoms with E-state index in [1.807, 2.05) is 131 Å². The van der Waals surface area contributed by atoms with Crippen LogP contribution in [0.1, 0.15) is 11.1 Å². The largest absolute Gasteiger partial charge is 0.237 e. The van der Waals surface area contributed by atoms with E-state index in [0.717, 1.165) is 22.5 Å². The van der Waals surface area contributed by atoms with Gasteiger partial charge in [-0.15, -0.1) is 0 Å². The van der Waals surface area contributed by atoms with Gasteiger partial charge in [-0.1, -0.05) is 121 Å². The van der Waals surface area contributed by atoms with Crippen molar-refractivity contribution in [3.05, 3.63) is 132 Å². The third-order valence-corrected chi connectivity index (χ3v) is 5.45. The number of thiocarbonyl (C=S) groups is 2. The molecule has 4 aromatic rings. The van der Waals surface area contributed by atoms with Crippen LogP contribution in [0.4, 0.5) is 11.4 Å². The summed E-state index contributed by atoms with van der Waals surface area (Å²) in [6.07, 6.45) is 0. The van der Waals surface area contributed by atoms with Crippen molar-refractivity contribution in [3.8, 4) is 0 Å². The van der Waals surface area contributed by atoms with Crippen molar-refractivity contribution in [3.63, 3.8) is 0 Å². The predicted molar refractivity (Wildman–Crippen MR) is 134 cm³/mol. The number of rotatable bonds is 4. The van der Waals surface area contributed by atoms with Gasteiger partial charge >= 0.3 is 0 Å². The fourth-order valence-corrected chi connectivity index (χ4v) is 3.84. The van der Waals surface area contributed by atoms with Crippen LogP contribution in [0.3, 0.4) is 0 Å². The van der Waals surface area contributed by atoms with E-state index in [0.29, 0.717) is 9.98 Å². The molecule has 0 aliphatic heterocycles. The second-order valence-corrected chi connectivity index (χ2v) is 7.41. The highest BCUT2D eigenvalue weighted by atomic mass is 32.1. The van der Waals surface area contributed by atoms with Crippen LogP contribution >= 0.6 is 24.4 Å². The second-order valence-electron chi connectivity index (χ2n) is 6.64. The van der Waals surface area contributed by atoms with E-state index in [9.17, 15) is 0 Å². The van der Waals surface area contributed by atoms with E-state index in [2.05, 4.69) is 0 Å². The maximum Gasteiger partial charge on any atom is 0.134 e. The highest BCUT2D eigenvalue weighted by Crippen LogP contribution is 2.27. The lowest BCUT2D eigenvalue weighted by Crippen LogP contribution is -2.50. The quantitative estimate of drug-likeness (QED) is 0.267. The Morgan fingerprint density at radius 2 is 0.667 bits per heavy atom. The Morgan fingerprint density at radius 3 is 0.967 bits per heavy atom. The van der Waals surface area contributed by atoms with Gasteiger partial charge in [0.2, 0.25) is 0 Å². The number of benzene rings is 4. The molecule has 0 unspecified atom stereocenters. The van der Waals surface area contributed by atoms with Gasteiger partial charge in [-0.3, -0.25) is 0 Å². The Bertz CT molecular complexity index is 1020. The van der Waals surface area contributed by atoms with E-state index < -0.39 is 0 Å². The number of para-hydroxylation sites is 2. The number of hydrazine groups is 1. The molecule has 0 atom stereocenters. The van der Waals surface area contributed by atoms with Crippen LogP contribution in [-0.2, 0) is 0 Å². The molecule has 0 radical (unpaired) electrons. The molecule has 0 bridgehead atoms. The summed E-state index contributed by atoms with van der Waals surface area (Å²) in [5.74, 6) is 0. The molecule has 0 saturated carbocycles. The SMILES string of the molecule is S=C(c1ccccc1)N(c1ccccc1)N(C(=S)c1ccccc1)c1ccccc1. The summed E-state index contributed by atoms with van der Waals surface area (Å²) in [6, 6.07) is 40.2. The highest BCUT2D eigenvalue weighted by Gasteiger charge is 2.26. The van der Waals surface area contributed by atoms with Gasteiger partial charge in [-0.25, -0.2) is 10.0 Å². The standard InChI is InChI=1S/C26H20N2S2/c29-25(21-13-5-1-6-14-21)27(23-17-9-3-10-18-23)28(24-19-11-4-12-20-24)26(30)22-15-7-2-8-16-22/h1-20H. The average Bonchev–Trinajstić information content (AvgIpc) is 2.84. The lowest BCUT2D eigenvalue weighted by molar-refractivity contribution is 1.08. The maximum absolute atomic E-state index is 5.99. The van der Waals surface area contributed by atoms with E-state index in [-0.39, 0.29) is 0 Å². The van der Waals surface area contributed by atoms with Crippen molar-refractivity contribution in [1.82, 2.24) is 0 Å². The summed E-state index contributed by atoms with van der Waals surface area (Å²) < 4.78 is 0. The van der Waals surface area contributed by atoms with Crippen LogP contribution in [0, 0.1) is 0 Å². The molecule has 0 fully saturated rings. The Kier molecular flexibility index (Phi) is 6.28. The van der Waals surface area contributed by atoms with Crippen LogP contribution in [0.2, 0.25) is 0 Å². The summed E-state index contributed by atoms with van der Waals surface area (Å²) in [6.45, 7) is 0. The van der Waals surface area contributed by atoms with Crippen molar-refractivity contribution in [2.24, 2.45) is 0 Å². The Morgan fingerprint density at radius 1 is 0.400 bits per heavy atom. The van der Waals surface area contributed by atoms with Gasteiger partial charge in [0.25, 0.3) is 0 Å². The van der Waals surface area contributed by atoms with Gasteiger partial charge in [-0.05, 0) is 24.3 Å². The smallest absolute Gasteiger partial charge is 0.134 e. The van der Waals surface area contributed by atoms with Crippen LogP contribution in [-0.4, -0.2) is 9.98 Å². The van der Waals surface area contributed by atoms with E-state index in [4.69, 9.17) is 24.4 Å². The number of nitrogens with zero attached hydrogens (tertiary/aromatic N) is 2. The van der Waals surface area contributed by atoms with E-state index in [1.165, 1.54) is 0 Å². The molecule has 4 aromatic carbocycles. The van der Waals surface area contributed by atoms with Gasteiger partial charge in [0.15, 0.2) is 0 Å². The van der Waals surface area contributed by atoms with Crippen molar-refractivity contribution in [2.75, 3.05) is 10.0 Å². The lowest BCUT2D eigenvalue weighted by atomic mass is 10.2. The molecule has 0 heterocycles. The third kappa shape index (κ3) is 4.30. The molecule has 2 nitrogen and oxygen atoms in total. The van der Waals surface area contributed by atoms with Crippen molar-refractivity contribution in [2.45, 2.75) is 0 Å². The summed E-state index contributed by atoms with van der Waals surface area (Å²) >= 11 is 12.0. The van der Waals surface area contributed by atoms with Crippen LogP contribution < -0.4 is 10.0 Å². The van der Waals surface area contributed by atoms with Crippen LogP contribution in [0.25, 0.3) is 0 Å². The normalized spacial score (nSPS) is 10.3. The molecule has 0 aromatic heterocycles. The fraction of sp³-hybridized carbons (Fsp3) is 0. The molecular weight excluding hydrogens is 404 g/mol. The van der Waals surface area contributed by atoms with Crippen molar-refractivity contribution >= 4 is 45.8 Å². The molecule has 146 valence electrons. The minimum Gasteiger partial charge on any atom is -0.237 e. The van der Waals surface area contributed by atoms with Gasteiger partial charge in [0.05, 0.1) is 11.4 Å². The van der Waals surface area contributed by atoms with Crippen LogP contribution in [0.5, 0.6) is 0 Å². The van der Waals surface area contributed by atoms with Crippen LogP contribution in [0.15, 0.2) is 121 Å². The summed E-state index contributed by atoms with van der Waals surface area (Å²) in [7, 11) is 0. The van der Waals surface area contributed by atoms with Crippen molar-refractivity contribution < 1.29 is 0 Å². The minimum atomic E-state index is 0.670. The molecular formula is C26H20N2S2. The Hall–Kier alpha value is -3.34. The fourth-order valence-electron chi connectivity index (χ4n) is 3.19. The zero-order chi connectivity index (χ0) is 20.8. The van der Waals surface area contributed by atoms with Gasteiger partial charge < -0.3 is 0 Å². The minimum absolute atomic E-state index is 0.670. The van der Waals surface area contributed by atoms with E-state index >= 15 is 0 Å². The zero-order valence-electron chi connectivity index (χ0n) is 16.3. The monoisotopic (exact) mass is 424 g/mol. The molecule has 0 aliphatic rings. The molecule has 30 heavy (non-hydrogen) atoms. The lowest BCUT2D eigenvalue weighted by Gasteiger charge is -2.38. The van der Waals surface area contributed by atoms with E-state index in [1.54, 1.807) is 0 Å². The highest BCUT2D eigenvalue weighted by molar-refractivity contribution is 7.81. The summed E-state index contributed by atoms with van der Waals surface area (Å²) in [5.41, 5.74) is 3.78. The second kappa shape index (κ2) is 9.44. The first-order chi connectivity index (χ1) is 14.8. The first-order valence-electron chi connectivity index (χ1n) is 9.65. The maximum atomic E-state index is 5.99. The molecule has 4 rings (SSSR count). The molecule has 0 aliphatic carbocycles. The summed E-state index contributed by atoms with van der Waals surface area (Å²) in [5, 5.41) is 4.02. The molecule has 0 N–H and O–H groups in total. The first-order valence-corrected chi connectivity index (χ1v) is 10.5. The summed E-state index contributed by atoms with van der Waals surface area (Å²) in [4.78, 5) is 1.34. The topological polar surface area (TPSA) is 6.48 Å². The molecule has 0 saturated heterocycles. The van der Waals surface area contributed by atoms with Gasteiger partial charge in [0.1, 0.15) is 9.98 Å². The zero-order valence-corrected chi connectivity index (χ0v) is 17.9. The first kappa shape index (κ1) is 20.0. The van der Waals surface area contributed by atoms with Gasteiger partial charge in [-0.2, -0.15) is 0 Å². The molecule has 4 heteroatoms. The van der Waals surface area contributed by atoms with Crippen molar-refractivity contribution in [1.29, 1.82) is 0 Å². The number of anilines is 2. The Balaban J connectivity index is 1.89. The van der Waals surface area contributed by atoms with Gasteiger partial charge in [0, 0.05) is 11.1 Å². The predicted octanol–water partition coefficient (Wildman–Crippen LogP) is 6.67. The molecule has 0 amide bonds. The average molecular weight is 425 g/mol. The molecule has 0 spiro atoms. The number of hydrogen-bond donors (Lipinski definition) is 0. The number of hydrogen-bond acceptors (Lipinski definition) is 2. The Labute approximate surface area is 188 Å².